The van der Waals surface area contributed by atoms with Crippen LogP contribution in [0.25, 0.3) is 0 Å². The molecule has 0 aromatic heterocycles. The molecule has 0 unspecified atom stereocenters. The van der Waals surface area contributed by atoms with Gasteiger partial charge in [-0.2, -0.15) is 0 Å². The van der Waals surface area contributed by atoms with Crippen molar-refractivity contribution < 1.29 is 43.1 Å². The second kappa shape index (κ2) is 61.8. The lowest BCUT2D eigenvalue weighted by Crippen LogP contribution is -2.36. The number of ether oxygens (including phenoxy) is 6. The van der Waals surface area contributed by atoms with Crippen LogP contribution in [0.4, 0.5) is 11.4 Å². The topological polar surface area (TPSA) is 289 Å². The number of nitrogen functional groups attached to an aromatic ring is 2. The van der Waals surface area contributed by atoms with Gasteiger partial charge in [-0.05, 0) is 77.3 Å². The Hall–Kier alpha value is -3.36. The molecule has 0 fully saturated rings. The van der Waals surface area contributed by atoms with E-state index in [1.165, 1.54) is 51.8 Å². The standard InChI is InChI=1S/C15H24ClN3O3.C8H8ClNO3.C8H19NO.2C7H18N2O.C5H13N.C4H12N2/c1-4-19(7-8-21-2)6-5-18-15(20)11-9-12(16)13(17)10-14(11)22-3;1-13-7-3-6(10)5(9)2-4(7)8(11)12;1-4-6-9(5-2)7-8-10-3;2*1-3-9(5-4-8)6-7-10-2;1-3-5-6-4-2;1-2-6-4-3-5/h9-10H,4-8,17H2,1-3H3,(H,18,20);2-3H,10H2,1H3,(H,11,12);4-8H2,1-3H3;2*3-8H2,1-2H3;6H,3-5H2,1-2H3;6H,2-5H2,1H3. The smallest absolute Gasteiger partial charge is 0.339 e. The molecule has 0 heterocycles. The van der Waals surface area contributed by atoms with Gasteiger partial charge in [0.2, 0.25) is 0 Å². The van der Waals surface area contributed by atoms with E-state index in [-0.39, 0.29) is 22.2 Å². The first-order valence-corrected chi connectivity index (χ1v) is 27.9. The van der Waals surface area contributed by atoms with Crippen LogP contribution in [0.5, 0.6) is 11.5 Å². The molecule has 456 valence electrons. The first-order valence-electron chi connectivity index (χ1n) is 27.1. The van der Waals surface area contributed by atoms with Gasteiger partial charge < -0.3 is 92.8 Å². The molecule has 0 saturated carbocycles. The fourth-order valence-corrected chi connectivity index (χ4v) is 6.48. The number of carboxylic acids is 1. The first kappa shape index (κ1) is 82.5. The minimum atomic E-state index is -1.10. The Morgan fingerprint density at radius 3 is 1.14 bits per heavy atom. The van der Waals surface area contributed by atoms with Gasteiger partial charge in [0.05, 0.1) is 67.6 Å². The number of carboxylic acid groups (broad SMARTS) is 1. The maximum Gasteiger partial charge on any atom is 0.339 e. The minimum Gasteiger partial charge on any atom is -0.496 e. The van der Waals surface area contributed by atoms with Crippen LogP contribution < -0.4 is 54.1 Å². The van der Waals surface area contributed by atoms with Crippen LogP contribution >= 0.6 is 23.2 Å². The fraction of sp³-hybridized carbons (Fsp3) is 0.741. The zero-order valence-electron chi connectivity index (χ0n) is 50.3. The molecule has 77 heavy (non-hydrogen) atoms. The lowest BCUT2D eigenvalue weighted by molar-refractivity contribution is 0.0693. The summed E-state index contributed by atoms with van der Waals surface area (Å²) in [5.41, 5.74) is 28.2. The number of hydrogen-bond acceptors (Lipinski definition) is 19. The molecular weight excluding hydrogens is 1030 g/mol. The predicted molar refractivity (Wildman–Crippen MR) is 325 cm³/mol. The average molecular weight is 1140 g/mol. The second-order valence-corrected chi connectivity index (χ2v) is 17.3. The number of anilines is 2. The first-order chi connectivity index (χ1) is 37.0. The van der Waals surface area contributed by atoms with Crippen molar-refractivity contribution in [1.29, 1.82) is 0 Å². The van der Waals surface area contributed by atoms with Crippen molar-refractivity contribution in [2.45, 2.75) is 68.2 Å². The van der Waals surface area contributed by atoms with Crippen LogP contribution in [0, 0.1) is 0 Å². The minimum absolute atomic E-state index is 0.00157. The fourth-order valence-electron chi connectivity index (χ4n) is 6.15. The monoisotopic (exact) mass is 1140 g/mol. The van der Waals surface area contributed by atoms with Crippen molar-refractivity contribution in [3.05, 3.63) is 45.4 Å². The second-order valence-electron chi connectivity index (χ2n) is 16.5. The van der Waals surface area contributed by atoms with Crippen LogP contribution in [0.3, 0.4) is 0 Å². The average Bonchev–Trinajstić information content (AvgIpc) is 3.43. The molecule has 2 rings (SSSR count). The van der Waals surface area contributed by atoms with E-state index in [0.717, 1.165) is 138 Å². The van der Waals surface area contributed by atoms with Gasteiger partial charge in [-0.1, -0.05) is 78.6 Å². The molecule has 1 amide bonds. The molecule has 0 saturated heterocycles. The van der Waals surface area contributed by atoms with E-state index in [4.69, 9.17) is 85.4 Å². The number of halogens is 2. The Balaban J connectivity index is -0.000000275. The summed E-state index contributed by atoms with van der Waals surface area (Å²) in [4.78, 5) is 32.0. The number of amides is 1. The van der Waals surface area contributed by atoms with Gasteiger partial charge in [0.1, 0.15) is 17.1 Å². The van der Waals surface area contributed by atoms with Gasteiger partial charge in [0, 0.05) is 119 Å². The molecule has 0 radical (unpaired) electrons. The van der Waals surface area contributed by atoms with Crippen molar-refractivity contribution in [2.75, 3.05) is 211 Å². The Morgan fingerprint density at radius 2 is 0.857 bits per heavy atom. The van der Waals surface area contributed by atoms with E-state index in [2.05, 4.69) is 90.9 Å². The van der Waals surface area contributed by atoms with Crippen LogP contribution in [0.1, 0.15) is 88.9 Å². The molecule has 0 aliphatic carbocycles. The lowest BCUT2D eigenvalue weighted by atomic mass is 10.1. The lowest BCUT2D eigenvalue weighted by Gasteiger charge is -2.20. The maximum absolute atomic E-state index is 12.2. The van der Waals surface area contributed by atoms with Gasteiger partial charge in [-0.15, -0.1) is 0 Å². The number of hydrogen-bond donors (Lipinski definition) is 9. The maximum atomic E-state index is 12.2. The third-order valence-electron chi connectivity index (χ3n) is 10.7. The molecule has 0 atom stereocenters. The molecule has 0 bridgehead atoms. The molecule has 0 spiro atoms. The zero-order chi connectivity index (χ0) is 59.7. The Kier molecular flexibility index (Phi) is 66.2. The van der Waals surface area contributed by atoms with E-state index in [9.17, 15) is 9.59 Å². The number of nitrogens with one attached hydrogen (secondary N) is 3. The van der Waals surface area contributed by atoms with Crippen molar-refractivity contribution in [2.24, 2.45) is 17.2 Å². The molecule has 23 heteroatoms. The number of methoxy groups -OCH3 is 6. The molecule has 2 aromatic carbocycles. The molecule has 21 nitrogen and oxygen atoms in total. The highest BCUT2D eigenvalue weighted by atomic mass is 35.5. The van der Waals surface area contributed by atoms with Crippen LogP contribution in [-0.4, -0.2) is 237 Å². The Labute approximate surface area is 477 Å². The molecule has 0 aliphatic heterocycles. The Bertz CT molecular complexity index is 1560. The number of nitrogens with zero attached hydrogens (tertiary/aromatic N) is 4. The largest absolute Gasteiger partial charge is 0.496 e. The summed E-state index contributed by atoms with van der Waals surface area (Å²) in [7, 11) is 9.72. The quantitative estimate of drug-likeness (QED) is 0.0324. The summed E-state index contributed by atoms with van der Waals surface area (Å²) in [6, 6.07) is 5.71. The van der Waals surface area contributed by atoms with Gasteiger partial charge in [0.15, 0.2) is 0 Å². The number of likely N-dealkylation sites (N-methyl/N-ethyl adjacent to an activating group) is 5. The predicted octanol–water partition coefficient (Wildman–Crippen LogP) is 5.01. The number of rotatable bonds is 35. The van der Waals surface area contributed by atoms with Crippen LogP contribution in [0.15, 0.2) is 24.3 Å². The third kappa shape index (κ3) is 49.4. The van der Waals surface area contributed by atoms with E-state index in [1.54, 1.807) is 34.5 Å². The summed E-state index contributed by atoms with van der Waals surface area (Å²) in [6.07, 6.45) is 2.48. The van der Waals surface area contributed by atoms with Gasteiger partial charge in [-0.25, -0.2) is 4.79 Å². The SMILES string of the molecule is CCCN(CC)CCOC.CCCNCC.CCN(CCN)CCOC.CCN(CCN)CCOC.CCN(CCNC(=O)c1cc(Cl)c(N)cc1OC)CCOC.CCNCCN.COc1cc(N)c(Cl)cc1C(=O)O. The number of carbonyl (C=O) groups is 2. The highest BCUT2D eigenvalue weighted by Crippen LogP contribution is 2.29. The van der Waals surface area contributed by atoms with Crippen LogP contribution in [0.2, 0.25) is 10.0 Å². The van der Waals surface area contributed by atoms with Gasteiger partial charge >= 0.3 is 5.97 Å². The van der Waals surface area contributed by atoms with E-state index >= 15 is 0 Å². The zero-order valence-corrected chi connectivity index (χ0v) is 51.9. The molecule has 14 N–H and O–H groups in total. The van der Waals surface area contributed by atoms with E-state index in [1.807, 2.05) is 0 Å². The number of nitrogens with two attached hydrogens (primary N) is 5. The molecule has 0 aliphatic rings. The summed E-state index contributed by atoms with van der Waals surface area (Å²) in [6.45, 7) is 39.1. The third-order valence-corrected chi connectivity index (χ3v) is 11.4. The van der Waals surface area contributed by atoms with E-state index < -0.39 is 5.97 Å². The number of carbonyl (C=O) groups excluding carboxylic acids is 1. The molecular formula is C54H112Cl2N12O9. The van der Waals surface area contributed by atoms with Crippen molar-refractivity contribution >= 4 is 46.5 Å². The highest BCUT2D eigenvalue weighted by molar-refractivity contribution is 6.34. The summed E-state index contributed by atoms with van der Waals surface area (Å²) in [5, 5.41) is 18.4. The van der Waals surface area contributed by atoms with Crippen molar-refractivity contribution in [1.82, 2.24) is 35.6 Å². The van der Waals surface area contributed by atoms with E-state index in [0.29, 0.717) is 40.9 Å². The Morgan fingerprint density at radius 1 is 0.494 bits per heavy atom. The van der Waals surface area contributed by atoms with Gasteiger partial charge in [-0.3, -0.25) is 9.69 Å². The highest BCUT2D eigenvalue weighted by Gasteiger charge is 2.16. The summed E-state index contributed by atoms with van der Waals surface area (Å²) < 4.78 is 29.9. The molecule has 2 aromatic rings. The number of benzene rings is 2. The van der Waals surface area contributed by atoms with Crippen molar-refractivity contribution in [3.8, 4) is 11.5 Å². The van der Waals surface area contributed by atoms with Crippen molar-refractivity contribution in [3.63, 3.8) is 0 Å². The summed E-state index contributed by atoms with van der Waals surface area (Å²) in [5.74, 6) is -0.721. The van der Waals surface area contributed by atoms with Crippen LogP contribution in [-0.2, 0) is 18.9 Å². The van der Waals surface area contributed by atoms with Gasteiger partial charge in [0.25, 0.3) is 5.91 Å². The number of aromatic carboxylic acids is 1. The summed E-state index contributed by atoms with van der Waals surface area (Å²) >= 11 is 11.6. The normalized spacial score (nSPS) is 10.3.